The first kappa shape index (κ1) is 70.7. The molecule has 472 valence electrons. The zero-order valence-electron chi connectivity index (χ0n) is 44.8. The number of unbranched alkanes of at least 4 members (excludes halogenated alkanes) is 2. The van der Waals surface area contributed by atoms with Gasteiger partial charge in [-0.1, -0.05) is 36.8 Å². The maximum absolute atomic E-state index is 15.0. The van der Waals surface area contributed by atoms with Crippen molar-refractivity contribution < 1.29 is 143 Å². The molecule has 3 rings (SSSR count). The molecule has 2 heterocycles. The molecule has 37 heteroatoms. The lowest BCUT2D eigenvalue weighted by Crippen LogP contribution is -2.75. The van der Waals surface area contributed by atoms with Crippen LogP contribution in [0.3, 0.4) is 0 Å². The van der Waals surface area contributed by atoms with Crippen LogP contribution in [0.5, 0.6) is 0 Å². The summed E-state index contributed by atoms with van der Waals surface area (Å²) in [7, 11) is 0. The number of halogens is 12. The van der Waals surface area contributed by atoms with Crippen molar-refractivity contribution >= 4 is 65.3 Å². The molecule has 2 saturated heterocycles. The highest BCUT2D eigenvalue weighted by Crippen LogP contribution is 2.35. The van der Waals surface area contributed by atoms with Crippen LogP contribution in [0.4, 0.5) is 52.7 Å². The second-order valence-electron chi connectivity index (χ2n) is 18.7. The molecule has 2 aliphatic heterocycles. The fraction of sp³-hybridized carbons (Fsp3) is 0.638. The van der Waals surface area contributed by atoms with Crippen LogP contribution >= 0.6 is 0 Å². The molecule has 0 radical (unpaired) electrons. The largest absolute Gasteiger partial charge is 0.471 e. The summed E-state index contributed by atoms with van der Waals surface area (Å²) in [6, 6.07) is 2.96. The first-order chi connectivity index (χ1) is 38.7. The van der Waals surface area contributed by atoms with Gasteiger partial charge < -0.3 is 64.5 Å². The van der Waals surface area contributed by atoms with Gasteiger partial charge in [0.05, 0.1) is 0 Å². The number of hydrogen-bond donors (Lipinski definition) is 5. The number of benzene rings is 1. The number of carbonyl (C=O) groups is 11. The number of nitrogens with one attached hydrogen (secondary N) is 5. The van der Waals surface area contributed by atoms with Gasteiger partial charge in [-0.05, 0) is 32.3 Å². The molecule has 1 aromatic rings. The molecule has 2 aliphatic rings. The molecule has 6 amide bonds. The molecular formula is C47H56F12N6O19. The minimum Gasteiger partial charge on any atom is -0.461 e. The van der Waals surface area contributed by atoms with E-state index in [1.807, 2.05) is 0 Å². The summed E-state index contributed by atoms with van der Waals surface area (Å²) in [5.74, 6) is -21.2. The van der Waals surface area contributed by atoms with Crippen LogP contribution in [0.15, 0.2) is 30.3 Å². The van der Waals surface area contributed by atoms with Crippen molar-refractivity contribution in [1.29, 1.82) is 0 Å². The van der Waals surface area contributed by atoms with Gasteiger partial charge in [0.15, 0.2) is 36.9 Å². The summed E-state index contributed by atoms with van der Waals surface area (Å²) in [5.41, 5.74) is -2.10. The summed E-state index contributed by atoms with van der Waals surface area (Å²) >= 11 is 0. The van der Waals surface area contributed by atoms with Gasteiger partial charge in [0.2, 0.25) is 5.91 Å². The Morgan fingerprint density at radius 3 is 1.40 bits per heavy atom. The van der Waals surface area contributed by atoms with Crippen LogP contribution < -0.4 is 26.6 Å². The molecule has 0 saturated carbocycles. The van der Waals surface area contributed by atoms with Crippen LogP contribution in [0.1, 0.15) is 72.8 Å². The van der Waals surface area contributed by atoms with Gasteiger partial charge >= 0.3 is 78.2 Å². The molecule has 0 bridgehead atoms. The Balaban J connectivity index is 2.28. The van der Waals surface area contributed by atoms with Gasteiger partial charge in [-0.15, -0.1) is 0 Å². The lowest BCUT2D eigenvalue weighted by Gasteiger charge is -2.52. The lowest BCUT2D eigenvalue weighted by atomic mass is 9.91. The second kappa shape index (κ2) is 29.8. The molecule has 0 unspecified atom stereocenters. The van der Waals surface area contributed by atoms with Crippen molar-refractivity contribution in [3.8, 4) is 0 Å². The molecule has 5 N–H and O–H groups in total. The average molecular weight is 1240 g/mol. The van der Waals surface area contributed by atoms with E-state index in [0.717, 1.165) is 13.8 Å². The highest BCUT2D eigenvalue weighted by atomic mass is 19.4. The SMILES string of the molecule is CC(=O)O[C@@H]1[C@@H](NC(=O)C(F)(F)F)[C@H](N(C(=O)CO[C@@H]2O[C@H](CNC(=O)C(F)(F)F)[C@@H](OC(C)=O)[C@H](OC(C)=O)[C@H]2NC(=O)C(F)(F)F)C(C)(C)C(=O)NCCCCCC(=O)OCc2ccccc2)O[C@H](CNC(=O)C(F)(F)F)[C@H]1OC(C)=O. The predicted molar refractivity (Wildman–Crippen MR) is 248 cm³/mol. The normalized spacial score (nSPS) is 22.8. The Bertz CT molecular complexity index is 2540. The third-order valence-corrected chi connectivity index (χ3v) is 11.7. The molecule has 0 spiro atoms. The van der Waals surface area contributed by atoms with E-state index in [1.165, 1.54) is 21.3 Å². The van der Waals surface area contributed by atoms with E-state index in [9.17, 15) is 101 Å². The van der Waals surface area contributed by atoms with E-state index in [1.54, 1.807) is 30.3 Å². The lowest BCUT2D eigenvalue weighted by molar-refractivity contribution is -0.274. The standard InChI is InChI=1S/C47H56F12N6O19/c1-21(66)79-32-26(17-61-39(73)44(48,49)50)83-36(30(34(32)81-23(3)68)63-41(75)46(54,55)56)65(43(5,6)38(72)60-16-12-8-11-15-29(71)77-19-25-13-9-7-10-14-25)28(70)20-78-37-31(64-42(76)47(57,58)59)35(82-24(4)69)33(80-22(2)67)27(84-37)18-62-40(74)45(51,52)53/h7,9-10,13-14,26-27,30-37H,8,11-12,15-20H2,1-6H3,(H,60,72)(H,61,73)(H,62,74)(H,63,75)(H,64,76)/t26-,27-,30-,31-,32-,33-,34-,35-,36-,37-/m1/s1. The number of alkyl halides is 12. The number of nitrogens with zero attached hydrogens (tertiary/aromatic N) is 1. The van der Waals surface area contributed by atoms with Crippen LogP contribution in [-0.2, 0) is 97.2 Å². The Hall–Kier alpha value is -7.57. The highest BCUT2D eigenvalue weighted by molar-refractivity contribution is 5.92. The van der Waals surface area contributed by atoms with E-state index in [0.29, 0.717) is 33.3 Å². The van der Waals surface area contributed by atoms with Gasteiger partial charge in [-0.3, -0.25) is 57.6 Å². The molecule has 10 atom stereocenters. The molecule has 2 fully saturated rings. The monoisotopic (exact) mass is 1240 g/mol. The first-order valence-corrected chi connectivity index (χ1v) is 24.5. The highest BCUT2D eigenvalue weighted by Gasteiger charge is 2.59. The van der Waals surface area contributed by atoms with Crippen molar-refractivity contribution in [2.75, 3.05) is 26.2 Å². The Morgan fingerprint density at radius 2 is 0.952 bits per heavy atom. The molecule has 1 aromatic carbocycles. The number of carbonyl (C=O) groups excluding carboxylic acids is 11. The molecule has 0 aromatic heterocycles. The number of ether oxygens (including phenoxy) is 8. The molecular weight excluding hydrogens is 1180 g/mol. The summed E-state index contributed by atoms with van der Waals surface area (Å²) in [4.78, 5) is 141. The number of amides is 6. The Morgan fingerprint density at radius 1 is 0.524 bits per heavy atom. The van der Waals surface area contributed by atoms with Crippen molar-refractivity contribution in [1.82, 2.24) is 31.5 Å². The number of rotatable bonds is 24. The van der Waals surface area contributed by atoms with Crippen molar-refractivity contribution in [2.45, 2.75) is 165 Å². The fourth-order valence-corrected chi connectivity index (χ4v) is 8.11. The Labute approximate surface area is 467 Å². The van der Waals surface area contributed by atoms with Gasteiger partial charge in [0.1, 0.15) is 43.0 Å². The summed E-state index contributed by atoms with van der Waals surface area (Å²) in [6.45, 7) is -1.47. The average Bonchev–Trinajstić information content (AvgIpc) is 2.76. The van der Waals surface area contributed by atoms with Crippen molar-refractivity contribution in [3.63, 3.8) is 0 Å². The number of hydrogen-bond acceptors (Lipinski definition) is 19. The quantitative estimate of drug-likeness (QED) is 0.0425. The summed E-state index contributed by atoms with van der Waals surface area (Å²) in [6.07, 6.45) is -43.6. The van der Waals surface area contributed by atoms with E-state index < -0.39 is 176 Å². The van der Waals surface area contributed by atoms with Crippen LogP contribution in [0, 0.1) is 0 Å². The zero-order valence-corrected chi connectivity index (χ0v) is 44.8. The van der Waals surface area contributed by atoms with Crippen molar-refractivity contribution in [2.24, 2.45) is 0 Å². The number of esters is 5. The van der Waals surface area contributed by atoms with E-state index in [2.05, 4.69) is 5.32 Å². The fourth-order valence-electron chi connectivity index (χ4n) is 8.11. The maximum Gasteiger partial charge on any atom is 0.471 e. The van der Waals surface area contributed by atoms with Crippen LogP contribution in [-0.4, -0.2) is 188 Å². The van der Waals surface area contributed by atoms with Gasteiger partial charge in [-0.25, -0.2) is 0 Å². The van der Waals surface area contributed by atoms with Crippen molar-refractivity contribution in [3.05, 3.63) is 35.9 Å². The molecule has 25 nitrogen and oxygen atoms in total. The summed E-state index contributed by atoms with van der Waals surface area (Å²) in [5, 5.41) is 7.58. The van der Waals surface area contributed by atoms with E-state index in [4.69, 9.17) is 37.9 Å². The first-order valence-electron chi connectivity index (χ1n) is 24.5. The van der Waals surface area contributed by atoms with Crippen LogP contribution in [0.25, 0.3) is 0 Å². The van der Waals surface area contributed by atoms with E-state index in [-0.39, 0.29) is 43.7 Å². The third-order valence-electron chi connectivity index (χ3n) is 11.7. The predicted octanol–water partition coefficient (Wildman–Crippen LogP) is 1.66. The molecule has 0 aliphatic carbocycles. The zero-order chi connectivity index (χ0) is 63.9. The Kier molecular flexibility index (Phi) is 25.1. The smallest absolute Gasteiger partial charge is 0.461 e. The van der Waals surface area contributed by atoms with Gasteiger partial charge in [0.25, 0.3) is 5.91 Å². The van der Waals surface area contributed by atoms with Crippen LogP contribution in [0.2, 0.25) is 0 Å². The third kappa shape index (κ3) is 21.2. The summed E-state index contributed by atoms with van der Waals surface area (Å²) < 4.78 is 207. The second-order valence-corrected chi connectivity index (χ2v) is 18.7. The minimum absolute atomic E-state index is 0.00108. The maximum atomic E-state index is 15.0. The van der Waals surface area contributed by atoms with E-state index >= 15 is 4.79 Å². The van der Waals surface area contributed by atoms with Gasteiger partial charge in [0, 0.05) is 53.8 Å². The minimum atomic E-state index is -5.95. The molecule has 84 heavy (non-hydrogen) atoms. The topological polar surface area (TPSA) is 325 Å². The van der Waals surface area contributed by atoms with Gasteiger partial charge in [-0.2, -0.15) is 52.7 Å².